The molecule has 0 aliphatic heterocycles. The van der Waals surface area contributed by atoms with Gasteiger partial charge in [-0.3, -0.25) is 0 Å². The van der Waals surface area contributed by atoms with Crippen LogP contribution >= 0.6 is 23.2 Å². The van der Waals surface area contributed by atoms with Crippen LogP contribution in [0, 0.1) is 13.8 Å². The number of aromatic nitrogens is 4. The summed E-state index contributed by atoms with van der Waals surface area (Å²) < 4.78 is 4.61. The molecule has 2 aromatic rings. The Hall–Kier alpha value is -1.66. The van der Waals surface area contributed by atoms with Gasteiger partial charge in [0.2, 0.25) is 0 Å². The first kappa shape index (κ1) is 13.8. The van der Waals surface area contributed by atoms with Crippen molar-refractivity contribution < 1.29 is 9.53 Å². The van der Waals surface area contributed by atoms with Gasteiger partial charge in [0.15, 0.2) is 11.5 Å². The number of esters is 1. The molecule has 0 unspecified atom stereocenters. The van der Waals surface area contributed by atoms with Gasteiger partial charge >= 0.3 is 5.97 Å². The van der Waals surface area contributed by atoms with Crippen LogP contribution in [0.4, 0.5) is 0 Å². The molecule has 0 bridgehead atoms. The molecule has 0 fully saturated rings. The fourth-order valence-corrected chi connectivity index (χ4v) is 1.88. The molecule has 0 saturated heterocycles. The van der Waals surface area contributed by atoms with Gasteiger partial charge in [-0.1, -0.05) is 23.2 Å². The zero-order valence-electron chi connectivity index (χ0n) is 10.4. The lowest BCUT2D eigenvalue weighted by Gasteiger charge is -2.04. The van der Waals surface area contributed by atoms with Gasteiger partial charge in [-0.25, -0.2) is 9.78 Å². The molecule has 0 spiro atoms. The van der Waals surface area contributed by atoms with Crippen molar-refractivity contribution in [2.75, 3.05) is 7.11 Å². The summed E-state index contributed by atoms with van der Waals surface area (Å²) in [7, 11) is 1.28. The van der Waals surface area contributed by atoms with E-state index in [9.17, 15) is 4.79 Å². The minimum absolute atomic E-state index is 0.118. The van der Waals surface area contributed by atoms with E-state index in [0.29, 0.717) is 27.3 Å². The van der Waals surface area contributed by atoms with Crippen LogP contribution in [-0.2, 0) is 4.74 Å². The van der Waals surface area contributed by atoms with Crippen LogP contribution in [-0.4, -0.2) is 33.1 Å². The fraction of sp³-hybridized carbons (Fsp3) is 0.273. The third kappa shape index (κ3) is 2.54. The summed E-state index contributed by atoms with van der Waals surface area (Å²) >= 11 is 12.0. The number of carbonyl (C=O) groups excluding carboxylic acids is 1. The molecule has 0 aliphatic rings. The number of pyridine rings is 1. The van der Waals surface area contributed by atoms with Gasteiger partial charge in [-0.2, -0.15) is 5.10 Å². The molecule has 0 saturated carbocycles. The van der Waals surface area contributed by atoms with Gasteiger partial charge in [0.1, 0.15) is 0 Å². The maximum absolute atomic E-state index is 11.5. The van der Waals surface area contributed by atoms with E-state index in [2.05, 4.69) is 19.9 Å². The number of ether oxygens (including phenoxy) is 1. The summed E-state index contributed by atoms with van der Waals surface area (Å²) in [6.45, 7) is 3.38. The Balaban J connectivity index is 2.54. The molecule has 0 aliphatic carbocycles. The molecule has 2 aromatic heterocycles. The third-order valence-corrected chi connectivity index (χ3v) is 3.10. The number of halogens is 2. The highest BCUT2D eigenvalue weighted by molar-refractivity contribution is 6.35. The van der Waals surface area contributed by atoms with Gasteiger partial charge in [0, 0.05) is 0 Å². The lowest BCUT2D eigenvalue weighted by molar-refractivity contribution is 0.0592. The van der Waals surface area contributed by atoms with Crippen molar-refractivity contribution in [1.29, 1.82) is 0 Å². The van der Waals surface area contributed by atoms with E-state index in [4.69, 9.17) is 23.2 Å². The predicted molar refractivity (Wildman–Crippen MR) is 70.0 cm³/mol. The number of aryl methyl sites for hydroxylation is 2. The van der Waals surface area contributed by atoms with Gasteiger partial charge in [0.05, 0.1) is 28.5 Å². The average Bonchev–Trinajstić information content (AvgIpc) is 2.75. The number of methoxy groups -OCH3 is 1. The first-order valence-electron chi connectivity index (χ1n) is 5.29. The number of hydrogen-bond donors (Lipinski definition) is 0. The molecule has 0 atom stereocenters. The molecule has 2 heterocycles. The lowest BCUT2D eigenvalue weighted by atomic mass is 10.3. The monoisotopic (exact) mass is 300 g/mol. The number of hydrogen-bond acceptors (Lipinski definition) is 5. The van der Waals surface area contributed by atoms with Gasteiger partial charge in [-0.15, -0.1) is 9.90 Å². The first-order chi connectivity index (χ1) is 8.93. The summed E-state index contributed by atoms with van der Waals surface area (Å²) in [6.07, 6.45) is 0. The van der Waals surface area contributed by atoms with Crippen molar-refractivity contribution in [3.8, 4) is 5.82 Å². The Morgan fingerprint density at radius 3 is 2.53 bits per heavy atom. The molecule has 6 nitrogen and oxygen atoms in total. The molecule has 0 aromatic carbocycles. The summed E-state index contributed by atoms with van der Waals surface area (Å²) in [5.74, 6) is -0.257. The number of rotatable bonds is 2. The van der Waals surface area contributed by atoms with Crippen molar-refractivity contribution in [3.63, 3.8) is 0 Å². The zero-order chi connectivity index (χ0) is 14.2. The minimum atomic E-state index is -0.564. The summed E-state index contributed by atoms with van der Waals surface area (Å²) in [5, 5.41) is 8.86. The van der Waals surface area contributed by atoms with E-state index >= 15 is 0 Å². The van der Waals surface area contributed by atoms with Gasteiger partial charge in [0.25, 0.3) is 0 Å². The Labute approximate surface area is 119 Å². The molecule has 0 amide bonds. The molecule has 100 valence electrons. The second kappa shape index (κ2) is 5.14. The fourth-order valence-electron chi connectivity index (χ4n) is 1.44. The van der Waals surface area contributed by atoms with Crippen LogP contribution in [0.2, 0.25) is 10.0 Å². The topological polar surface area (TPSA) is 69.9 Å². The van der Waals surface area contributed by atoms with Crippen LogP contribution in [0.5, 0.6) is 0 Å². The summed E-state index contributed by atoms with van der Waals surface area (Å²) in [4.78, 5) is 16.9. The van der Waals surface area contributed by atoms with Gasteiger partial charge < -0.3 is 4.74 Å². The van der Waals surface area contributed by atoms with Crippen LogP contribution in [0.3, 0.4) is 0 Å². The van der Waals surface area contributed by atoms with Crippen molar-refractivity contribution in [2.24, 2.45) is 0 Å². The van der Waals surface area contributed by atoms with Crippen LogP contribution in [0.15, 0.2) is 6.07 Å². The van der Waals surface area contributed by atoms with E-state index in [0.717, 1.165) is 0 Å². The van der Waals surface area contributed by atoms with Crippen molar-refractivity contribution in [2.45, 2.75) is 13.8 Å². The van der Waals surface area contributed by atoms with Crippen LogP contribution < -0.4 is 0 Å². The molecule has 0 radical (unpaired) electrons. The second-order valence-electron chi connectivity index (χ2n) is 3.78. The highest BCUT2D eigenvalue weighted by Crippen LogP contribution is 2.24. The molecular formula is C11H10Cl2N4O2. The molecule has 2 rings (SSSR count). The molecule has 19 heavy (non-hydrogen) atoms. The van der Waals surface area contributed by atoms with Crippen LogP contribution in [0.25, 0.3) is 5.82 Å². The molecule has 8 heteroatoms. The maximum atomic E-state index is 11.5. The predicted octanol–water partition coefficient (Wildman–Crippen LogP) is 2.37. The van der Waals surface area contributed by atoms with Crippen LogP contribution in [0.1, 0.15) is 21.9 Å². The summed E-state index contributed by atoms with van der Waals surface area (Å²) in [6, 6.07) is 1.55. The normalized spacial score (nSPS) is 10.6. The Kier molecular flexibility index (Phi) is 3.73. The standard InChI is InChI=1S/C11H10Cl2N4O2/c1-5-7(12)4-8(13)10(14-5)17-15-6(2)9(16-17)11(18)19-3/h4H,1-3H3. The lowest BCUT2D eigenvalue weighted by Crippen LogP contribution is -2.07. The largest absolute Gasteiger partial charge is 0.464 e. The second-order valence-corrected chi connectivity index (χ2v) is 4.59. The van der Waals surface area contributed by atoms with Crippen molar-refractivity contribution in [1.82, 2.24) is 20.0 Å². The number of carbonyl (C=O) groups is 1. The summed E-state index contributed by atoms with van der Waals surface area (Å²) in [5.41, 5.74) is 1.14. The highest BCUT2D eigenvalue weighted by atomic mass is 35.5. The molecular weight excluding hydrogens is 291 g/mol. The first-order valence-corrected chi connectivity index (χ1v) is 6.05. The highest BCUT2D eigenvalue weighted by Gasteiger charge is 2.19. The Morgan fingerprint density at radius 2 is 1.89 bits per heavy atom. The Bertz CT molecular complexity index is 654. The SMILES string of the molecule is COC(=O)c1nn(-c2nc(C)c(Cl)cc2Cl)nc1C. The Morgan fingerprint density at radius 1 is 1.21 bits per heavy atom. The third-order valence-electron chi connectivity index (χ3n) is 2.44. The van der Waals surface area contributed by atoms with Gasteiger partial charge in [-0.05, 0) is 19.9 Å². The van der Waals surface area contributed by atoms with Crippen molar-refractivity contribution >= 4 is 29.2 Å². The number of nitrogens with zero attached hydrogens (tertiary/aromatic N) is 4. The smallest absolute Gasteiger partial charge is 0.360 e. The van der Waals surface area contributed by atoms with Crippen molar-refractivity contribution in [3.05, 3.63) is 33.2 Å². The quantitative estimate of drug-likeness (QED) is 0.796. The minimum Gasteiger partial charge on any atom is -0.464 e. The molecule has 0 N–H and O–H groups in total. The van der Waals surface area contributed by atoms with E-state index in [1.54, 1.807) is 19.9 Å². The zero-order valence-corrected chi connectivity index (χ0v) is 12.0. The van der Waals surface area contributed by atoms with E-state index < -0.39 is 5.97 Å². The van der Waals surface area contributed by atoms with E-state index in [1.165, 1.54) is 11.9 Å². The van der Waals surface area contributed by atoms with E-state index in [-0.39, 0.29) is 5.69 Å². The van der Waals surface area contributed by atoms with E-state index in [1.807, 2.05) is 0 Å². The average molecular weight is 301 g/mol. The maximum Gasteiger partial charge on any atom is 0.360 e.